The first-order valence-corrected chi connectivity index (χ1v) is 5.92. The number of aliphatic hydroxyl groups is 1. The third kappa shape index (κ3) is 2.22. The van der Waals surface area contributed by atoms with Crippen LogP contribution in [0.25, 0.3) is 0 Å². The molecule has 0 amide bonds. The minimum Gasteiger partial charge on any atom is -0.488 e. The van der Waals surface area contributed by atoms with E-state index in [0.29, 0.717) is 5.92 Å². The van der Waals surface area contributed by atoms with Gasteiger partial charge in [0.25, 0.3) is 0 Å². The van der Waals surface area contributed by atoms with E-state index in [2.05, 4.69) is 39.0 Å². The van der Waals surface area contributed by atoms with E-state index in [1.807, 2.05) is 0 Å². The van der Waals surface area contributed by atoms with Gasteiger partial charge >= 0.3 is 0 Å². The Hall–Kier alpha value is -1.02. The maximum absolute atomic E-state index is 9.14. The van der Waals surface area contributed by atoms with Crippen molar-refractivity contribution in [2.75, 3.05) is 6.61 Å². The summed E-state index contributed by atoms with van der Waals surface area (Å²) in [6, 6.07) is 6.32. The molecule has 1 aromatic rings. The monoisotopic (exact) mass is 220 g/mol. The molecule has 0 fully saturated rings. The number of benzene rings is 1. The van der Waals surface area contributed by atoms with Gasteiger partial charge in [0.1, 0.15) is 11.4 Å². The van der Waals surface area contributed by atoms with Crippen molar-refractivity contribution in [3.05, 3.63) is 29.3 Å². The van der Waals surface area contributed by atoms with Crippen LogP contribution in [0.1, 0.15) is 43.7 Å². The van der Waals surface area contributed by atoms with Crippen molar-refractivity contribution in [2.45, 2.75) is 45.1 Å². The molecular weight excluding hydrogens is 200 g/mol. The van der Waals surface area contributed by atoms with Crippen LogP contribution >= 0.6 is 0 Å². The van der Waals surface area contributed by atoms with Gasteiger partial charge in [0.15, 0.2) is 0 Å². The number of rotatable bonds is 2. The van der Waals surface area contributed by atoms with Crippen molar-refractivity contribution in [3.8, 4) is 5.75 Å². The highest BCUT2D eigenvalue weighted by atomic mass is 16.5. The van der Waals surface area contributed by atoms with Crippen LogP contribution in [0.15, 0.2) is 18.2 Å². The van der Waals surface area contributed by atoms with Gasteiger partial charge in [-0.25, -0.2) is 0 Å². The molecule has 2 rings (SSSR count). The van der Waals surface area contributed by atoms with E-state index in [1.54, 1.807) is 0 Å². The summed E-state index contributed by atoms with van der Waals surface area (Å²) >= 11 is 0. The molecule has 1 N–H and O–H groups in total. The lowest BCUT2D eigenvalue weighted by Gasteiger charge is -2.37. The van der Waals surface area contributed by atoms with Gasteiger partial charge in [-0.1, -0.05) is 17.7 Å². The van der Waals surface area contributed by atoms with Gasteiger partial charge < -0.3 is 9.84 Å². The number of aliphatic hydroxyl groups excluding tert-OH is 1. The molecule has 1 heterocycles. The summed E-state index contributed by atoms with van der Waals surface area (Å²) < 4.78 is 5.97. The highest BCUT2D eigenvalue weighted by Crippen LogP contribution is 2.42. The molecule has 0 bridgehead atoms. The van der Waals surface area contributed by atoms with Gasteiger partial charge in [0, 0.05) is 6.61 Å². The molecule has 1 aliphatic heterocycles. The fourth-order valence-electron chi connectivity index (χ4n) is 2.54. The summed E-state index contributed by atoms with van der Waals surface area (Å²) in [5.74, 6) is 1.41. The number of hydrogen-bond acceptors (Lipinski definition) is 2. The first-order valence-electron chi connectivity index (χ1n) is 5.92. The van der Waals surface area contributed by atoms with Crippen LogP contribution in [-0.2, 0) is 0 Å². The maximum atomic E-state index is 9.14. The van der Waals surface area contributed by atoms with Gasteiger partial charge in [-0.2, -0.15) is 0 Å². The number of aryl methyl sites for hydroxylation is 1. The van der Waals surface area contributed by atoms with Crippen LogP contribution in [0, 0.1) is 6.92 Å². The number of fused-ring (bicyclic) bond motifs is 1. The summed E-state index contributed by atoms with van der Waals surface area (Å²) in [6.07, 6.45) is 1.80. The van der Waals surface area contributed by atoms with E-state index >= 15 is 0 Å². The third-order valence-corrected chi connectivity index (χ3v) is 3.21. The van der Waals surface area contributed by atoms with Crippen molar-refractivity contribution in [1.82, 2.24) is 0 Å². The first-order chi connectivity index (χ1) is 7.52. The molecule has 0 saturated heterocycles. The lowest BCUT2D eigenvalue weighted by atomic mass is 9.82. The quantitative estimate of drug-likeness (QED) is 0.830. The highest BCUT2D eigenvalue weighted by molar-refractivity contribution is 5.41. The van der Waals surface area contributed by atoms with Crippen LogP contribution < -0.4 is 4.74 Å². The van der Waals surface area contributed by atoms with Gasteiger partial charge in [-0.15, -0.1) is 0 Å². The average Bonchev–Trinajstić information content (AvgIpc) is 2.18. The lowest BCUT2D eigenvalue weighted by molar-refractivity contribution is 0.0671. The Balaban J connectivity index is 2.39. The Kier molecular flexibility index (Phi) is 2.94. The largest absolute Gasteiger partial charge is 0.488 e. The third-order valence-electron chi connectivity index (χ3n) is 3.21. The zero-order valence-corrected chi connectivity index (χ0v) is 10.3. The van der Waals surface area contributed by atoms with Crippen molar-refractivity contribution in [2.24, 2.45) is 0 Å². The predicted octanol–water partition coefficient (Wildman–Crippen LogP) is 3.02. The smallest absolute Gasteiger partial charge is 0.123 e. The van der Waals surface area contributed by atoms with E-state index < -0.39 is 0 Å². The zero-order valence-electron chi connectivity index (χ0n) is 10.3. The van der Waals surface area contributed by atoms with Crippen molar-refractivity contribution >= 4 is 0 Å². The molecule has 1 atom stereocenters. The minimum absolute atomic E-state index is 0.123. The molecule has 2 nitrogen and oxygen atoms in total. The molecule has 0 aromatic heterocycles. The molecule has 0 radical (unpaired) electrons. The predicted molar refractivity (Wildman–Crippen MR) is 64.9 cm³/mol. The van der Waals surface area contributed by atoms with Crippen LogP contribution in [-0.4, -0.2) is 17.3 Å². The molecule has 1 aromatic carbocycles. The summed E-state index contributed by atoms with van der Waals surface area (Å²) in [6.45, 7) is 6.56. The molecule has 0 saturated carbocycles. The number of hydrogen-bond donors (Lipinski definition) is 1. The molecule has 16 heavy (non-hydrogen) atoms. The molecule has 88 valence electrons. The van der Waals surface area contributed by atoms with Crippen molar-refractivity contribution in [3.63, 3.8) is 0 Å². The first kappa shape index (κ1) is 11.5. The van der Waals surface area contributed by atoms with Crippen LogP contribution in [0.4, 0.5) is 0 Å². The van der Waals surface area contributed by atoms with E-state index in [-0.39, 0.29) is 12.2 Å². The summed E-state index contributed by atoms with van der Waals surface area (Å²) in [5, 5.41) is 9.14. The normalized spacial score (nSPS) is 22.4. The van der Waals surface area contributed by atoms with Gasteiger partial charge in [-0.3, -0.25) is 0 Å². The second-order valence-electron chi connectivity index (χ2n) is 5.32. The van der Waals surface area contributed by atoms with Gasteiger partial charge in [-0.05, 0) is 51.2 Å². The van der Waals surface area contributed by atoms with E-state index in [0.717, 1.165) is 18.6 Å². The molecule has 1 aliphatic rings. The number of ether oxygens (including phenoxy) is 1. The molecule has 2 heteroatoms. The SMILES string of the molecule is Cc1ccc2c(c1)C(CCO)CC(C)(C)O2. The molecule has 1 unspecified atom stereocenters. The second-order valence-corrected chi connectivity index (χ2v) is 5.32. The Morgan fingerprint density at radius 3 is 2.88 bits per heavy atom. The van der Waals surface area contributed by atoms with Crippen molar-refractivity contribution < 1.29 is 9.84 Å². The lowest BCUT2D eigenvalue weighted by Crippen LogP contribution is -2.35. The average molecular weight is 220 g/mol. The topological polar surface area (TPSA) is 29.5 Å². The Morgan fingerprint density at radius 2 is 2.19 bits per heavy atom. The molecule has 0 aliphatic carbocycles. The fourth-order valence-corrected chi connectivity index (χ4v) is 2.54. The molecule has 0 spiro atoms. The van der Waals surface area contributed by atoms with Crippen LogP contribution in [0.5, 0.6) is 5.75 Å². The van der Waals surface area contributed by atoms with E-state index in [4.69, 9.17) is 9.84 Å². The fraction of sp³-hybridized carbons (Fsp3) is 0.571. The Labute approximate surface area is 97.3 Å². The second kappa shape index (κ2) is 4.10. The highest BCUT2D eigenvalue weighted by Gasteiger charge is 2.33. The Bertz CT molecular complexity index is 382. The summed E-state index contributed by atoms with van der Waals surface area (Å²) in [7, 11) is 0. The maximum Gasteiger partial charge on any atom is 0.123 e. The van der Waals surface area contributed by atoms with Crippen LogP contribution in [0.2, 0.25) is 0 Å². The zero-order chi connectivity index (χ0) is 11.8. The van der Waals surface area contributed by atoms with Gasteiger partial charge in [0.05, 0.1) is 0 Å². The Morgan fingerprint density at radius 1 is 1.44 bits per heavy atom. The van der Waals surface area contributed by atoms with Crippen molar-refractivity contribution in [1.29, 1.82) is 0 Å². The summed E-state index contributed by atoms with van der Waals surface area (Å²) in [4.78, 5) is 0. The van der Waals surface area contributed by atoms with Gasteiger partial charge in [0.2, 0.25) is 0 Å². The molecular formula is C14H20O2. The summed E-state index contributed by atoms with van der Waals surface area (Å²) in [5.41, 5.74) is 2.39. The minimum atomic E-state index is -0.123. The van der Waals surface area contributed by atoms with E-state index in [9.17, 15) is 0 Å². The van der Waals surface area contributed by atoms with Crippen LogP contribution in [0.3, 0.4) is 0 Å². The van der Waals surface area contributed by atoms with E-state index in [1.165, 1.54) is 11.1 Å². The standard InChI is InChI=1S/C14H20O2/c1-10-4-5-13-12(8-10)11(6-7-15)9-14(2,3)16-13/h4-5,8,11,15H,6-7,9H2,1-3H3.